The number of hydrogen-bond donors (Lipinski definition) is 1. The maximum absolute atomic E-state index is 13.3. The number of amides is 1. The highest BCUT2D eigenvalue weighted by Crippen LogP contribution is 2.30. The summed E-state index contributed by atoms with van der Waals surface area (Å²) in [5.74, 6) is -0.576. The molecule has 4 aromatic rings. The molecular weight excluding hydrogens is 472 g/mol. The first-order valence-corrected chi connectivity index (χ1v) is 12.7. The minimum absolute atomic E-state index is 0.0214. The third kappa shape index (κ3) is 4.97. The second kappa shape index (κ2) is 10.4. The van der Waals surface area contributed by atoms with Crippen LogP contribution < -0.4 is 10.9 Å². The number of aromatic nitrogens is 3. The molecule has 0 aliphatic heterocycles. The molecule has 1 N–H and O–H groups in total. The predicted molar refractivity (Wildman–Crippen MR) is 136 cm³/mol. The van der Waals surface area contributed by atoms with E-state index in [1.807, 2.05) is 26.0 Å². The molecule has 8 nitrogen and oxygen atoms in total. The molecule has 0 aliphatic carbocycles. The Labute approximate surface area is 204 Å². The topological polar surface area (TPSA) is 103 Å². The molecule has 34 heavy (non-hydrogen) atoms. The molecule has 0 saturated heterocycles. The predicted octanol–water partition coefficient (Wildman–Crippen LogP) is 4.57. The maximum Gasteiger partial charge on any atom is 0.340 e. The van der Waals surface area contributed by atoms with Crippen LogP contribution in [-0.4, -0.2) is 38.8 Å². The molecule has 3 heterocycles. The van der Waals surface area contributed by atoms with Gasteiger partial charge in [0.05, 0.1) is 29.1 Å². The van der Waals surface area contributed by atoms with Crippen molar-refractivity contribution in [3.63, 3.8) is 0 Å². The number of nitrogens with zero attached hydrogens (tertiary/aromatic N) is 3. The molecule has 0 saturated carbocycles. The van der Waals surface area contributed by atoms with Gasteiger partial charge >= 0.3 is 5.97 Å². The minimum atomic E-state index is -0.498. The number of pyridine rings is 1. The Morgan fingerprint density at radius 2 is 2.00 bits per heavy atom. The molecule has 0 aliphatic rings. The number of anilines is 1. The Hall–Kier alpha value is -3.24. The van der Waals surface area contributed by atoms with Gasteiger partial charge in [0, 0.05) is 18.1 Å². The highest BCUT2D eigenvalue weighted by molar-refractivity contribution is 7.99. The van der Waals surface area contributed by atoms with E-state index in [1.54, 1.807) is 42.0 Å². The van der Waals surface area contributed by atoms with Gasteiger partial charge in [-0.15, -0.1) is 11.3 Å². The summed E-state index contributed by atoms with van der Waals surface area (Å²) in [4.78, 5) is 48.1. The SMILES string of the molecule is CCOC(=O)c1ccccc1NC(=O)CSc1nc2c(sc3ncccc32)c(=O)n1CC(C)C. The standard InChI is InChI=1S/C24H24N4O4S2/c1-4-32-23(31)15-8-5-6-10-17(15)26-18(29)13-33-24-27-19-16-9-7-11-25-21(16)34-20(19)22(30)28(24)12-14(2)3/h5-11,14H,4,12-13H2,1-3H3,(H,26,29). The Balaban J connectivity index is 1.62. The number of thioether (sulfide) groups is 1. The van der Waals surface area contributed by atoms with E-state index in [9.17, 15) is 14.4 Å². The summed E-state index contributed by atoms with van der Waals surface area (Å²) in [7, 11) is 0. The Bertz CT molecular complexity index is 1430. The van der Waals surface area contributed by atoms with Gasteiger partial charge in [0.25, 0.3) is 5.56 Å². The second-order valence-corrected chi connectivity index (χ2v) is 9.88. The van der Waals surface area contributed by atoms with Crippen molar-refractivity contribution in [2.75, 3.05) is 17.7 Å². The van der Waals surface area contributed by atoms with Crippen molar-refractivity contribution in [3.05, 3.63) is 58.5 Å². The summed E-state index contributed by atoms with van der Waals surface area (Å²) >= 11 is 2.52. The lowest BCUT2D eigenvalue weighted by Gasteiger charge is -2.14. The molecule has 3 aromatic heterocycles. The highest BCUT2D eigenvalue weighted by Gasteiger charge is 2.19. The van der Waals surface area contributed by atoms with Crippen molar-refractivity contribution in [3.8, 4) is 0 Å². The average Bonchev–Trinajstić information content (AvgIpc) is 3.19. The summed E-state index contributed by atoms with van der Waals surface area (Å²) in [6.45, 7) is 6.50. The van der Waals surface area contributed by atoms with Crippen LogP contribution >= 0.6 is 23.1 Å². The normalized spacial score (nSPS) is 11.3. The number of carbonyl (C=O) groups excluding carboxylic acids is 2. The number of fused-ring (bicyclic) bond motifs is 3. The van der Waals surface area contributed by atoms with Crippen molar-refractivity contribution in [2.24, 2.45) is 5.92 Å². The summed E-state index contributed by atoms with van der Waals surface area (Å²) in [6, 6.07) is 10.4. The lowest BCUT2D eigenvalue weighted by molar-refractivity contribution is -0.113. The maximum atomic E-state index is 13.3. The van der Waals surface area contributed by atoms with E-state index in [0.29, 0.717) is 27.6 Å². The van der Waals surface area contributed by atoms with Crippen molar-refractivity contribution >= 4 is 61.1 Å². The molecule has 1 aromatic carbocycles. The number of nitrogens with one attached hydrogen (secondary N) is 1. The van der Waals surface area contributed by atoms with Crippen LogP contribution in [0.3, 0.4) is 0 Å². The average molecular weight is 497 g/mol. The van der Waals surface area contributed by atoms with Gasteiger partial charge in [-0.1, -0.05) is 37.7 Å². The zero-order valence-corrected chi connectivity index (χ0v) is 20.7. The first kappa shape index (κ1) is 23.9. The molecule has 0 spiro atoms. The van der Waals surface area contributed by atoms with E-state index in [1.165, 1.54) is 23.1 Å². The van der Waals surface area contributed by atoms with E-state index in [4.69, 9.17) is 9.72 Å². The molecule has 176 valence electrons. The van der Waals surface area contributed by atoms with E-state index in [-0.39, 0.29) is 35.3 Å². The van der Waals surface area contributed by atoms with Crippen LogP contribution in [0.2, 0.25) is 0 Å². The van der Waals surface area contributed by atoms with Gasteiger partial charge in [-0.3, -0.25) is 14.2 Å². The van der Waals surface area contributed by atoms with Crippen LogP contribution in [0.4, 0.5) is 5.69 Å². The van der Waals surface area contributed by atoms with Crippen LogP contribution in [0.1, 0.15) is 31.1 Å². The first-order chi connectivity index (χ1) is 16.4. The largest absolute Gasteiger partial charge is 0.462 e. The van der Waals surface area contributed by atoms with Crippen LogP contribution in [-0.2, 0) is 16.1 Å². The number of rotatable bonds is 8. The number of carbonyl (C=O) groups is 2. The van der Waals surface area contributed by atoms with Gasteiger partial charge < -0.3 is 10.1 Å². The molecule has 0 fully saturated rings. The fourth-order valence-electron chi connectivity index (χ4n) is 3.47. The van der Waals surface area contributed by atoms with Crippen molar-refractivity contribution < 1.29 is 14.3 Å². The summed E-state index contributed by atoms with van der Waals surface area (Å²) in [5, 5.41) is 4.07. The quantitative estimate of drug-likeness (QED) is 0.216. The summed E-state index contributed by atoms with van der Waals surface area (Å²) in [5.41, 5.74) is 1.14. The third-order valence-corrected chi connectivity index (χ3v) is 6.96. The highest BCUT2D eigenvalue weighted by atomic mass is 32.2. The zero-order chi connectivity index (χ0) is 24.2. The number of benzene rings is 1. The van der Waals surface area contributed by atoms with Crippen LogP contribution in [0.25, 0.3) is 20.4 Å². The van der Waals surface area contributed by atoms with Crippen LogP contribution in [0.15, 0.2) is 52.5 Å². The smallest absolute Gasteiger partial charge is 0.340 e. The number of hydrogen-bond acceptors (Lipinski definition) is 8. The van der Waals surface area contributed by atoms with Crippen LogP contribution in [0.5, 0.6) is 0 Å². The monoisotopic (exact) mass is 496 g/mol. The Kier molecular flexibility index (Phi) is 7.28. The van der Waals surface area contributed by atoms with Gasteiger partial charge in [0.1, 0.15) is 9.53 Å². The Morgan fingerprint density at radius 1 is 1.21 bits per heavy atom. The third-order valence-electron chi connectivity index (χ3n) is 4.89. The van der Waals surface area contributed by atoms with E-state index < -0.39 is 5.97 Å². The van der Waals surface area contributed by atoms with E-state index in [2.05, 4.69) is 10.3 Å². The number of ether oxygens (including phenoxy) is 1. The van der Waals surface area contributed by atoms with Gasteiger partial charge in [-0.25, -0.2) is 14.8 Å². The van der Waals surface area contributed by atoms with Gasteiger partial charge in [-0.05, 0) is 37.1 Å². The minimum Gasteiger partial charge on any atom is -0.462 e. The van der Waals surface area contributed by atoms with Crippen molar-refractivity contribution in [1.82, 2.24) is 14.5 Å². The molecule has 0 radical (unpaired) electrons. The zero-order valence-electron chi connectivity index (χ0n) is 19.0. The molecule has 4 rings (SSSR count). The summed E-state index contributed by atoms with van der Waals surface area (Å²) < 4.78 is 7.26. The fraction of sp³-hybridized carbons (Fsp3) is 0.292. The van der Waals surface area contributed by atoms with Gasteiger partial charge in [0.2, 0.25) is 5.91 Å². The van der Waals surface area contributed by atoms with Crippen molar-refractivity contribution in [2.45, 2.75) is 32.5 Å². The van der Waals surface area contributed by atoms with E-state index >= 15 is 0 Å². The lowest BCUT2D eigenvalue weighted by Crippen LogP contribution is -2.25. The summed E-state index contributed by atoms with van der Waals surface area (Å²) in [6.07, 6.45) is 1.69. The number of esters is 1. The van der Waals surface area contributed by atoms with Crippen molar-refractivity contribution in [1.29, 1.82) is 0 Å². The number of para-hydroxylation sites is 1. The molecule has 0 atom stereocenters. The molecule has 10 heteroatoms. The first-order valence-electron chi connectivity index (χ1n) is 10.9. The second-order valence-electron chi connectivity index (χ2n) is 7.94. The van der Waals surface area contributed by atoms with Crippen LogP contribution in [0, 0.1) is 5.92 Å². The Morgan fingerprint density at radius 3 is 2.76 bits per heavy atom. The van der Waals surface area contributed by atoms with E-state index in [0.717, 1.165) is 10.2 Å². The molecule has 0 bridgehead atoms. The van der Waals surface area contributed by atoms with Gasteiger partial charge in [-0.2, -0.15) is 0 Å². The fourth-order valence-corrected chi connectivity index (χ4v) is 5.31. The molecule has 0 unspecified atom stereocenters. The van der Waals surface area contributed by atoms with Gasteiger partial charge in [0.15, 0.2) is 5.16 Å². The lowest BCUT2D eigenvalue weighted by atomic mass is 10.2. The number of thiophene rings is 1. The molecular formula is C24H24N4O4S2. The molecule has 1 amide bonds.